The van der Waals surface area contributed by atoms with Crippen molar-refractivity contribution >= 4 is 45.0 Å². The van der Waals surface area contributed by atoms with Gasteiger partial charge in [-0.1, -0.05) is 30.7 Å². The molecule has 0 radical (unpaired) electrons. The van der Waals surface area contributed by atoms with Gasteiger partial charge in [-0.05, 0) is 42.8 Å². The summed E-state index contributed by atoms with van der Waals surface area (Å²) in [4.78, 5) is 13.6. The van der Waals surface area contributed by atoms with E-state index >= 15 is 0 Å². The van der Waals surface area contributed by atoms with Gasteiger partial charge in [0.15, 0.2) is 0 Å². The Morgan fingerprint density at radius 2 is 1.86 bits per heavy atom. The molecule has 0 spiro atoms. The molecule has 9 heteroatoms. The van der Waals surface area contributed by atoms with Crippen LogP contribution in [0.4, 0.5) is 10.1 Å². The summed E-state index contributed by atoms with van der Waals surface area (Å²) >= 11 is 7.38. The first-order valence-electron chi connectivity index (χ1n) is 8.64. The van der Waals surface area contributed by atoms with Crippen LogP contribution in [0, 0.1) is 5.82 Å². The molecule has 5 nitrogen and oxygen atoms in total. The van der Waals surface area contributed by atoms with Crippen molar-refractivity contribution in [3.8, 4) is 0 Å². The summed E-state index contributed by atoms with van der Waals surface area (Å²) in [6.45, 7) is 2.03. The van der Waals surface area contributed by atoms with E-state index in [0.717, 1.165) is 15.5 Å². The van der Waals surface area contributed by atoms with Crippen molar-refractivity contribution in [1.82, 2.24) is 5.32 Å². The molecule has 1 atom stereocenters. The molecule has 0 heterocycles. The number of benzene rings is 2. The number of sulfonamides is 1. The van der Waals surface area contributed by atoms with Crippen molar-refractivity contribution in [2.24, 2.45) is 0 Å². The third-order valence-electron chi connectivity index (χ3n) is 3.90. The lowest BCUT2D eigenvalue weighted by Crippen LogP contribution is -2.50. The predicted molar refractivity (Wildman–Crippen MR) is 113 cm³/mol. The Balaban J connectivity index is 2.05. The zero-order valence-corrected chi connectivity index (χ0v) is 18.0. The number of anilines is 1. The van der Waals surface area contributed by atoms with Gasteiger partial charge < -0.3 is 5.32 Å². The summed E-state index contributed by atoms with van der Waals surface area (Å²) in [5, 5.41) is 3.39. The molecule has 1 N–H and O–H groups in total. The summed E-state index contributed by atoms with van der Waals surface area (Å²) in [7, 11) is -3.86. The molecule has 152 valence electrons. The number of nitrogens with one attached hydrogen (secondary N) is 1. The molecular formula is C19H22ClFN2O3S2. The molecular weight excluding hydrogens is 423 g/mol. The smallest absolute Gasteiger partial charge is 0.243 e. The fourth-order valence-corrected chi connectivity index (χ4v) is 4.76. The van der Waals surface area contributed by atoms with Gasteiger partial charge in [0.05, 0.1) is 11.9 Å². The van der Waals surface area contributed by atoms with Gasteiger partial charge in [0.2, 0.25) is 15.9 Å². The summed E-state index contributed by atoms with van der Waals surface area (Å²) in [6.07, 6.45) is 1.17. The standard InChI is InChI=1S/C19H22ClFN2O3S2/c1-3-17(23(28(2,25)26)18-7-5-4-6-16(18)21)19(24)22-12-13-27-15-10-8-14(20)9-11-15/h4-11,17H,3,12-13H2,1-2H3,(H,22,24)/t17-/m1/s1. The summed E-state index contributed by atoms with van der Waals surface area (Å²) in [6, 6.07) is 11.8. The quantitative estimate of drug-likeness (QED) is 0.470. The van der Waals surface area contributed by atoms with Gasteiger partial charge in [-0.15, -0.1) is 11.8 Å². The maximum absolute atomic E-state index is 14.2. The molecule has 0 aliphatic carbocycles. The first kappa shape index (κ1) is 22.5. The van der Waals surface area contributed by atoms with E-state index in [1.54, 1.807) is 19.1 Å². The predicted octanol–water partition coefficient (Wildman–Crippen LogP) is 3.93. The van der Waals surface area contributed by atoms with Gasteiger partial charge in [-0.25, -0.2) is 12.8 Å². The van der Waals surface area contributed by atoms with Crippen molar-refractivity contribution in [1.29, 1.82) is 0 Å². The van der Waals surface area contributed by atoms with E-state index in [9.17, 15) is 17.6 Å². The molecule has 0 saturated heterocycles. The molecule has 0 aliphatic rings. The van der Waals surface area contributed by atoms with Crippen LogP contribution in [0.25, 0.3) is 0 Å². The van der Waals surface area contributed by atoms with Gasteiger partial charge in [-0.3, -0.25) is 9.10 Å². The molecule has 2 rings (SSSR count). The summed E-state index contributed by atoms with van der Waals surface area (Å²) in [5.74, 6) is -0.562. The zero-order chi connectivity index (χ0) is 20.7. The third kappa shape index (κ3) is 6.12. The maximum atomic E-state index is 14.2. The fraction of sp³-hybridized carbons (Fsp3) is 0.316. The Morgan fingerprint density at radius 1 is 1.21 bits per heavy atom. The Bertz CT molecular complexity index is 908. The number of hydrogen-bond donors (Lipinski definition) is 1. The minimum absolute atomic E-state index is 0.137. The Kier molecular flexibility index (Phi) is 8.15. The highest BCUT2D eigenvalue weighted by molar-refractivity contribution is 7.99. The Labute approximate surface area is 174 Å². The number of rotatable bonds is 9. The average Bonchev–Trinajstić information content (AvgIpc) is 2.64. The molecule has 0 aliphatic heterocycles. The highest BCUT2D eigenvalue weighted by atomic mass is 35.5. The summed E-state index contributed by atoms with van der Waals surface area (Å²) < 4.78 is 39.6. The van der Waals surface area contributed by atoms with Crippen molar-refractivity contribution < 1.29 is 17.6 Å². The van der Waals surface area contributed by atoms with E-state index in [-0.39, 0.29) is 12.1 Å². The van der Waals surface area contributed by atoms with E-state index in [1.807, 2.05) is 12.1 Å². The average molecular weight is 445 g/mol. The number of halogens is 2. The number of carbonyl (C=O) groups excluding carboxylic acids is 1. The Morgan fingerprint density at radius 3 is 2.43 bits per heavy atom. The lowest BCUT2D eigenvalue weighted by atomic mass is 10.2. The number of carbonyl (C=O) groups is 1. The molecule has 0 unspecified atom stereocenters. The number of hydrogen-bond acceptors (Lipinski definition) is 4. The minimum atomic E-state index is -3.86. The highest BCUT2D eigenvalue weighted by Gasteiger charge is 2.32. The lowest BCUT2D eigenvalue weighted by molar-refractivity contribution is -0.122. The van der Waals surface area contributed by atoms with Gasteiger partial charge >= 0.3 is 0 Å². The maximum Gasteiger partial charge on any atom is 0.243 e. The van der Waals surface area contributed by atoms with Crippen LogP contribution in [0.5, 0.6) is 0 Å². The van der Waals surface area contributed by atoms with E-state index in [4.69, 9.17) is 11.6 Å². The highest BCUT2D eigenvalue weighted by Crippen LogP contribution is 2.25. The van der Waals surface area contributed by atoms with Gasteiger partial charge in [0.25, 0.3) is 0 Å². The molecule has 1 amide bonds. The third-order valence-corrected chi connectivity index (χ3v) is 6.33. The van der Waals surface area contributed by atoms with E-state index < -0.39 is 27.8 Å². The van der Waals surface area contributed by atoms with Crippen molar-refractivity contribution in [2.45, 2.75) is 24.3 Å². The van der Waals surface area contributed by atoms with Crippen molar-refractivity contribution in [2.75, 3.05) is 22.9 Å². The molecule has 0 bridgehead atoms. The van der Waals surface area contributed by atoms with Crippen LogP contribution in [0.3, 0.4) is 0 Å². The molecule has 2 aromatic carbocycles. The summed E-state index contributed by atoms with van der Waals surface area (Å²) in [5.41, 5.74) is -0.137. The first-order chi connectivity index (χ1) is 13.2. The largest absolute Gasteiger partial charge is 0.353 e. The van der Waals surface area contributed by atoms with Crippen LogP contribution in [0.15, 0.2) is 53.4 Å². The minimum Gasteiger partial charge on any atom is -0.353 e. The molecule has 0 saturated carbocycles. The van der Waals surface area contributed by atoms with Crippen LogP contribution in [0.2, 0.25) is 5.02 Å². The molecule has 0 fully saturated rings. The number of amides is 1. The van der Waals surface area contributed by atoms with Crippen LogP contribution >= 0.6 is 23.4 Å². The monoisotopic (exact) mass is 444 g/mol. The lowest BCUT2D eigenvalue weighted by Gasteiger charge is -2.30. The first-order valence-corrected chi connectivity index (χ1v) is 11.8. The van der Waals surface area contributed by atoms with Crippen LogP contribution in [-0.2, 0) is 14.8 Å². The van der Waals surface area contributed by atoms with Gasteiger partial charge in [0.1, 0.15) is 11.9 Å². The second kappa shape index (κ2) is 10.1. The second-order valence-corrected chi connectivity index (χ2v) is 9.49. The number of para-hydroxylation sites is 1. The van der Waals surface area contributed by atoms with E-state index in [1.165, 1.54) is 36.0 Å². The van der Waals surface area contributed by atoms with Crippen LogP contribution in [0.1, 0.15) is 13.3 Å². The Hall–Kier alpha value is -1.77. The van der Waals surface area contributed by atoms with Crippen LogP contribution < -0.4 is 9.62 Å². The molecule has 28 heavy (non-hydrogen) atoms. The van der Waals surface area contributed by atoms with Crippen molar-refractivity contribution in [3.63, 3.8) is 0 Å². The number of thioether (sulfide) groups is 1. The van der Waals surface area contributed by atoms with Crippen molar-refractivity contribution in [3.05, 3.63) is 59.4 Å². The van der Waals surface area contributed by atoms with Gasteiger partial charge in [0, 0.05) is 22.2 Å². The van der Waals surface area contributed by atoms with E-state index in [0.29, 0.717) is 17.3 Å². The van der Waals surface area contributed by atoms with Crippen LogP contribution in [-0.4, -0.2) is 38.9 Å². The normalized spacial score (nSPS) is 12.4. The zero-order valence-electron chi connectivity index (χ0n) is 15.6. The SMILES string of the molecule is CC[C@H](C(=O)NCCSc1ccc(Cl)cc1)N(c1ccccc1F)S(C)(=O)=O. The fourth-order valence-electron chi connectivity index (χ4n) is 2.66. The topological polar surface area (TPSA) is 66.5 Å². The van der Waals surface area contributed by atoms with E-state index in [2.05, 4.69) is 5.32 Å². The van der Waals surface area contributed by atoms with Gasteiger partial charge in [-0.2, -0.15) is 0 Å². The molecule has 2 aromatic rings. The number of nitrogens with zero attached hydrogens (tertiary/aromatic N) is 1. The molecule has 0 aromatic heterocycles. The second-order valence-electron chi connectivity index (χ2n) is 6.03.